The number of rotatable bonds is 13. The summed E-state index contributed by atoms with van der Waals surface area (Å²) >= 11 is 0. The highest BCUT2D eigenvalue weighted by molar-refractivity contribution is 5.76. The Labute approximate surface area is 282 Å². The van der Waals surface area contributed by atoms with Gasteiger partial charge in [-0.05, 0) is 91.5 Å². The van der Waals surface area contributed by atoms with Gasteiger partial charge in [-0.3, -0.25) is 14.7 Å². The highest BCUT2D eigenvalue weighted by Gasteiger charge is 2.50. The summed E-state index contributed by atoms with van der Waals surface area (Å²) in [5.41, 5.74) is 10.2. The van der Waals surface area contributed by atoms with E-state index in [0.29, 0.717) is 42.9 Å². The van der Waals surface area contributed by atoms with Gasteiger partial charge in [-0.2, -0.15) is 5.26 Å². The van der Waals surface area contributed by atoms with Gasteiger partial charge in [0.1, 0.15) is 12.7 Å². The lowest BCUT2D eigenvalue weighted by Crippen LogP contribution is -2.51. The van der Waals surface area contributed by atoms with Crippen LogP contribution in [0.1, 0.15) is 56.1 Å². The van der Waals surface area contributed by atoms with Crippen molar-refractivity contribution in [2.45, 2.75) is 51.6 Å². The van der Waals surface area contributed by atoms with Gasteiger partial charge < -0.3 is 25.4 Å². The number of anilines is 2. The predicted molar refractivity (Wildman–Crippen MR) is 183 cm³/mol. The Morgan fingerprint density at radius 1 is 1.02 bits per heavy atom. The number of piperazine rings is 1. The van der Waals surface area contributed by atoms with Crippen molar-refractivity contribution in [3.63, 3.8) is 0 Å². The molecule has 4 bridgehead atoms. The summed E-state index contributed by atoms with van der Waals surface area (Å²) in [5.74, 6) is 3.30. The molecule has 8 rings (SSSR count). The molecule has 4 saturated carbocycles. The predicted octanol–water partition coefficient (Wildman–Crippen LogP) is 4.43. The van der Waals surface area contributed by atoms with Crippen LogP contribution in [0.25, 0.3) is 11.3 Å². The van der Waals surface area contributed by atoms with Crippen molar-refractivity contribution in [3.8, 4) is 23.2 Å². The third-order valence-electron chi connectivity index (χ3n) is 10.9. The van der Waals surface area contributed by atoms with E-state index in [4.69, 9.17) is 15.2 Å². The number of nitriles is 1. The zero-order valence-electron chi connectivity index (χ0n) is 27.6. The lowest BCUT2D eigenvalue weighted by molar-refractivity contribution is -0.124. The summed E-state index contributed by atoms with van der Waals surface area (Å²) in [6.07, 6.45) is 13.7. The van der Waals surface area contributed by atoms with Crippen LogP contribution in [0.5, 0.6) is 5.88 Å². The van der Waals surface area contributed by atoms with E-state index in [1.807, 2.05) is 30.3 Å². The Kier molecular flexibility index (Phi) is 9.73. The summed E-state index contributed by atoms with van der Waals surface area (Å²) in [4.78, 5) is 30.1. The normalized spacial score (nSPS) is 24.7. The smallest absolute Gasteiger partial charge is 0.258 e. The minimum atomic E-state index is 0.122. The molecule has 3 heterocycles. The van der Waals surface area contributed by atoms with Crippen LogP contribution in [0, 0.1) is 34.5 Å². The number of nitrogens with two attached hydrogens (primary N) is 1. The van der Waals surface area contributed by atoms with Crippen molar-refractivity contribution in [2.75, 3.05) is 63.1 Å². The lowest BCUT2D eigenvalue weighted by Gasteiger charge is -2.56. The minimum absolute atomic E-state index is 0.122. The van der Waals surface area contributed by atoms with Crippen molar-refractivity contribution >= 4 is 17.4 Å². The van der Waals surface area contributed by atoms with Gasteiger partial charge in [-0.1, -0.05) is 6.07 Å². The quantitative estimate of drug-likeness (QED) is 0.255. The molecular formula is C37H46N8O3. The van der Waals surface area contributed by atoms with Crippen LogP contribution in [0.4, 0.5) is 11.5 Å². The SMILES string of the molecule is N#Cc1cc(-c2cnc(N)c(OCc3ccncc3)n2)ccc1N1CCN(CCOCCC(=O)NCC23CC4CC(CC(C4)C2)C3)CC1. The molecule has 1 aliphatic heterocycles. The maximum Gasteiger partial charge on any atom is 0.258 e. The largest absolute Gasteiger partial charge is 0.470 e. The van der Waals surface area contributed by atoms with Crippen LogP contribution in [0.2, 0.25) is 0 Å². The molecule has 0 unspecified atom stereocenters. The second-order valence-corrected chi connectivity index (χ2v) is 14.3. The first-order chi connectivity index (χ1) is 23.4. The number of amides is 1. The standard InChI is InChI=1S/C37H46N8O3/c38-22-31-18-30(32-23-41-35(39)36(43-32)48-24-26-3-6-40-7-4-26)1-2-33(31)45-10-8-44(9-11-45)12-14-47-13-5-34(46)42-25-37-19-27-15-28(20-37)17-29(16-27)21-37/h1-4,6-7,18,23,27-29H,5,8-17,19-21,24-25H2,(H2,39,41)(H,42,46). The Morgan fingerprint density at radius 3 is 2.46 bits per heavy atom. The summed E-state index contributed by atoms with van der Waals surface area (Å²) in [5, 5.41) is 13.3. The number of nitrogens with one attached hydrogen (secondary N) is 1. The fourth-order valence-electron chi connectivity index (χ4n) is 8.87. The molecule has 1 aromatic carbocycles. The molecule has 5 aliphatic rings. The molecule has 4 aliphatic carbocycles. The van der Waals surface area contributed by atoms with Crippen LogP contribution in [-0.2, 0) is 16.1 Å². The van der Waals surface area contributed by atoms with E-state index in [1.54, 1.807) is 18.6 Å². The Hall–Kier alpha value is -4.27. The molecule has 5 fully saturated rings. The summed E-state index contributed by atoms with van der Waals surface area (Å²) < 4.78 is 11.7. The molecule has 0 spiro atoms. The number of aromatic nitrogens is 3. The maximum atomic E-state index is 12.6. The molecule has 0 atom stereocenters. The molecule has 3 aromatic rings. The van der Waals surface area contributed by atoms with E-state index < -0.39 is 0 Å². The van der Waals surface area contributed by atoms with Crippen LogP contribution in [0.15, 0.2) is 48.9 Å². The highest BCUT2D eigenvalue weighted by Crippen LogP contribution is 2.59. The Balaban J connectivity index is 0.833. The van der Waals surface area contributed by atoms with Crippen LogP contribution >= 0.6 is 0 Å². The van der Waals surface area contributed by atoms with Crippen molar-refractivity contribution in [2.24, 2.45) is 23.2 Å². The summed E-state index contributed by atoms with van der Waals surface area (Å²) in [7, 11) is 0. The number of pyridine rings is 1. The average Bonchev–Trinajstić information content (AvgIpc) is 3.10. The second-order valence-electron chi connectivity index (χ2n) is 14.3. The number of nitrogen functional groups attached to an aromatic ring is 1. The van der Waals surface area contributed by atoms with Crippen molar-refractivity contribution in [1.29, 1.82) is 5.26 Å². The van der Waals surface area contributed by atoms with Gasteiger partial charge in [0.25, 0.3) is 5.88 Å². The van der Waals surface area contributed by atoms with E-state index in [-0.39, 0.29) is 17.6 Å². The fourth-order valence-corrected chi connectivity index (χ4v) is 8.87. The van der Waals surface area contributed by atoms with Gasteiger partial charge in [-0.25, -0.2) is 9.97 Å². The van der Waals surface area contributed by atoms with Crippen molar-refractivity contribution in [1.82, 2.24) is 25.2 Å². The Morgan fingerprint density at radius 2 is 1.75 bits per heavy atom. The monoisotopic (exact) mass is 650 g/mol. The van der Waals surface area contributed by atoms with E-state index in [9.17, 15) is 10.1 Å². The van der Waals surface area contributed by atoms with Gasteiger partial charge in [0.05, 0.1) is 36.4 Å². The van der Waals surface area contributed by atoms with E-state index in [2.05, 4.69) is 36.1 Å². The number of ether oxygens (including phenoxy) is 2. The first kappa shape index (κ1) is 32.3. The number of carbonyl (C=O) groups excluding carboxylic acids is 1. The second kappa shape index (κ2) is 14.5. The van der Waals surface area contributed by atoms with Gasteiger partial charge in [0, 0.05) is 63.6 Å². The molecule has 1 amide bonds. The molecule has 252 valence electrons. The van der Waals surface area contributed by atoms with E-state index in [0.717, 1.165) is 73.8 Å². The third-order valence-corrected chi connectivity index (χ3v) is 10.9. The van der Waals surface area contributed by atoms with Crippen molar-refractivity contribution in [3.05, 3.63) is 60.0 Å². The molecular weight excluding hydrogens is 604 g/mol. The van der Waals surface area contributed by atoms with Gasteiger partial charge in [0.2, 0.25) is 5.91 Å². The van der Waals surface area contributed by atoms with Gasteiger partial charge in [-0.15, -0.1) is 0 Å². The Bertz CT molecular complexity index is 1580. The first-order valence-corrected chi connectivity index (χ1v) is 17.5. The van der Waals surface area contributed by atoms with E-state index >= 15 is 0 Å². The molecule has 3 N–H and O–H groups in total. The molecule has 0 radical (unpaired) electrons. The zero-order chi connectivity index (χ0) is 32.9. The number of hydrogen-bond acceptors (Lipinski definition) is 10. The highest BCUT2D eigenvalue weighted by atomic mass is 16.5. The van der Waals surface area contributed by atoms with Crippen molar-refractivity contribution < 1.29 is 14.3 Å². The minimum Gasteiger partial charge on any atom is -0.470 e. The molecule has 11 heteroatoms. The molecule has 1 saturated heterocycles. The van der Waals surface area contributed by atoms with Crippen LogP contribution in [-0.4, -0.2) is 78.2 Å². The molecule has 11 nitrogen and oxygen atoms in total. The summed E-state index contributed by atoms with van der Waals surface area (Å²) in [6.45, 7) is 6.43. The molecule has 2 aromatic heterocycles. The lowest BCUT2D eigenvalue weighted by atomic mass is 9.49. The number of carbonyl (C=O) groups is 1. The van der Waals surface area contributed by atoms with Crippen LogP contribution < -0.4 is 20.7 Å². The third kappa shape index (κ3) is 7.55. The number of hydrogen-bond donors (Lipinski definition) is 2. The van der Waals surface area contributed by atoms with Crippen LogP contribution in [0.3, 0.4) is 0 Å². The number of benzene rings is 1. The first-order valence-electron chi connectivity index (χ1n) is 17.5. The summed E-state index contributed by atoms with van der Waals surface area (Å²) in [6, 6.07) is 11.9. The average molecular weight is 651 g/mol. The van der Waals surface area contributed by atoms with Gasteiger partial charge >= 0.3 is 0 Å². The topological polar surface area (TPSA) is 143 Å². The number of nitrogens with zero attached hydrogens (tertiary/aromatic N) is 6. The zero-order valence-corrected chi connectivity index (χ0v) is 27.6. The molecule has 48 heavy (non-hydrogen) atoms. The maximum absolute atomic E-state index is 12.6. The van der Waals surface area contributed by atoms with Gasteiger partial charge in [0.15, 0.2) is 5.82 Å². The fraction of sp³-hybridized carbons (Fsp3) is 0.541. The van der Waals surface area contributed by atoms with E-state index in [1.165, 1.54) is 38.5 Å².